The second-order valence-electron chi connectivity index (χ2n) is 12.0. The van der Waals surface area contributed by atoms with Gasteiger partial charge in [-0.2, -0.15) is 5.26 Å². The molecule has 1 amide bonds. The van der Waals surface area contributed by atoms with E-state index >= 15 is 0 Å². The molecule has 3 saturated heterocycles. The SMILES string of the molecule is COc1cc(C(=O)N2CC3CN(C)CC3C2)ccc1-c1cc2nccc(-c3ccc(NC4CCOCC4)c(C#N)c3)c2o1. The van der Waals surface area contributed by atoms with Crippen molar-refractivity contribution in [3.63, 3.8) is 0 Å². The third kappa shape index (κ3) is 5.22. The molecule has 0 radical (unpaired) electrons. The fourth-order valence-corrected chi connectivity index (χ4v) is 6.89. The number of hydrogen-bond acceptors (Lipinski definition) is 8. The van der Waals surface area contributed by atoms with Gasteiger partial charge < -0.3 is 29.0 Å². The van der Waals surface area contributed by atoms with Crippen LogP contribution in [0, 0.1) is 23.2 Å². The largest absolute Gasteiger partial charge is 0.496 e. The minimum Gasteiger partial charge on any atom is -0.496 e. The van der Waals surface area contributed by atoms with Crippen LogP contribution in [-0.4, -0.2) is 80.3 Å². The number of nitrogens with zero attached hydrogens (tertiary/aromatic N) is 4. The third-order valence-corrected chi connectivity index (χ3v) is 9.11. The molecule has 2 aromatic heterocycles. The van der Waals surface area contributed by atoms with Crippen LogP contribution >= 0.6 is 0 Å². The van der Waals surface area contributed by atoms with Gasteiger partial charge in [0.2, 0.25) is 0 Å². The Labute approximate surface area is 251 Å². The standard InChI is InChI=1S/C34H35N5O4/c1-38-17-24-19-39(20-25(24)18-38)34(40)22-3-5-28(31(14-22)41-2)32-15-30-33(43-32)27(7-10-36-30)21-4-6-29(23(13-21)16-35)37-26-8-11-42-12-9-26/h3-7,10,13-15,24-26,37H,8-9,11-12,17-20H2,1-2H3. The number of nitriles is 1. The first kappa shape index (κ1) is 27.4. The van der Waals surface area contributed by atoms with Gasteiger partial charge in [-0.05, 0) is 73.7 Å². The van der Waals surface area contributed by atoms with Crippen LogP contribution in [0.1, 0.15) is 28.8 Å². The Morgan fingerprint density at radius 2 is 1.81 bits per heavy atom. The average Bonchev–Trinajstić information content (AvgIpc) is 3.74. The lowest BCUT2D eigenvalue weighted by molar-refractivity contribution is 0.0775. The van der Waals surface area contributed by atoms with Crippen LogP contribution < -0.4 is 10.1 Å². The summed E-state index contributed by atoms with van der Waals surface area (Å²) >= 11 is 0. The van der Waals surface area contributed by atoms with Crippen LogP contribution in [0.4, 0.5) is 5.69 Å². The zero-order valence-electron chi connectivity index (χ0n) is 24.5. The Balaban J connectivity index is 1.16. The Morgan fingerprint density at radius 1 is 1.02 bits per heavy atom. The highest BCUT2D eigenvalue weighted by Crippen LogP contribution is 2.39. The van der Waals surface area contributed by atoms with Gasteiger partial charge in [0, 0.05) is 68.8 Å². The van der Waals surface area contributed by atoms with Crippen molar-refractivity contribution in [1.82, 2.24) is 14.8 Å². The number of aromatic nitrogens is 1. The lowest BCUT2D eigenvalue weighted by atomic mass is 10.0. The first-order valence-electron chi connectivity index (χ1n) is 14.9. The molecule has 0 saturated carbocycles. The zero-order valence-corrected chi connectivity index (χ0v) is 24.5. The molecule has 3 aliphatic heterocycles. The maximum atomic E-state index is 13.4. The van der Waals surface area contributed by atoms with Gasteiger partial charge in [-0.15, -0.1) is 0 Å². The smallest absolute Gasteiger partial charge is 0.254 e. The zero-order chi connectivity index (χ0) is 29.5. The van der Waals surface area contributed by atoms with Crippen LogP contribution in [0.25, 0.3) is 33.6 Å². The Hall–Kier alpha value is -4.39. The van der Waals surface area contributed by atoms with Crippen LogP contribution in [0.2, 0.25) is 0 Å². The number of carbonyl (C=O) groups excluding carboxylic acids is 1. The van der Waals surface area contributed by atoms with Gasteiger partial charge in [-0.1, -0.05) is 6.07 Å². The molecule has 1 N–H and O–H groups in total. The fourth-order valence-electron chi connectivity index (χ4n) is 6.89. The second-order valence-corrected chi connectivity index (χ2v) is 12.0. The van der Waals surface area contributed by atoms with E-state index in [1.807, 2.05) is 53.4 Å². The number of fused-ring (bicyclic) bond motifs is 2. The molecular weight excluding hydrogens is 542 g/mol. The number of amides is 1. The Bertz CT molecular complexity index is 1710. The number of pyridine rings is 1. The van der Waals surface area contributed by atoms with Gasteiger partial charge in [-0.3, -0.25) is 9.78 Å². The van der Waals surface area contributed by atoms with Crippen molar-refractivity contribution in [2.75, 3.05) is 58.9 Å². The number of likely N-dealkylation sites (tertiary alicyclic amines) is 2. The van der Waals surface area contributed by atoms with Crippen molar-refractivity contribution >= 4 is 22.7 Å². The number of rotatable bonds is 6. The predicted octanol–water partition coefficient (Wildman–Crippen LogP) is 5.27. The highest BCUT2D eigenvalue weighted by atomic mass is 16.5. The van der Waals surface area contributed by atoms with Crippen molar-refractivity contribution in [2.24, 2.45) is 11.8 Å². The lowest BCUT2D eigenvalue weighted by Crippen LogP contribution is -2.32. The average molecular weight is 578 g/mol. The molecule has 0 bridgehead atoms. The molecule has 3 aliphatic rings. The Morgan fingerprint density at radius 3 is 2.56 bits per heavy atom. The molecule has 0 aliphatic carbocycles. The van der Waals surface area contributed by atoms with E-state index in [0.717, 1.165) is 74.6 Å². The summed E-state index contributed by atoms with van der Waals surface area (Å²) in [4.78, 5) is 22.3. The maximum Gasteiger partial charge on any atom is 0.254 e. The van der Waals surface area contributed by atoms with Gasteiger partial charge >= 0.3 is 0 Å². The summed E-state index contributed by atoms with van der Waals surface area (Å²) in [7, 11) is 3.76. The van der Waals surface area contributed by atoms with E-state index in [1.54, 1.807) is 13.3 Å². The number of benzene rings is 2. The number of nitrogens with one attached hydrogen (secondary N) is 1. The molecular formula is C34H35N5O4. The first-order chi connectivity index (χ1) is 21.0. The predicted molar refractivity (Wildman–Crippen MR) is 164 cm³/mol. The number of furan rings is 1. The molecule has 9 heteroatoms. The van der Waals surface area contributed by atoms with Crippen molar-refractivity contribution in [1.29, 1.82) is 5.26 Å². The monoisotopic (exact) mass is 577 g/mol. The molecule has 4 aromatic rings. The second kappa shape index (κ2) is 11.4. The molecule has 2 unspecified atom stereocenters. The van der Waals surface area contributed by atoms with Crippen molar-refractivity contribution < 1.29 is 18.7 Å². The molecule has 7 rings (SSSR count). The van der Waals surface area contributed by atoms with Crippen molar-refractivity contribution in [3.8, 4) is 34.3 Å². The molecule has 3 fully saturated rings. The molecule has 9 nitrogen and oxygen atoms in total. The number of anilines is 1. The van der Waals surface area contributed by atoms with E-state index < -0.39 is 0 Å². The van der Waals surface area contributed by atoms with E-state index in [4.69, 9.17) is 13.9 Å². The summed E-state index contributed by atoms with van der Waals surface area (Å²) in [5.41, 5.74) is 5.81. The van der Waals surface area contributed by atoms with Crippen LogP contribution in [0.5, 0.6) is 5.75 Å². The van der Waals surface area contributed by atoms with Crippen LogP contribution in [0.3, 0.4) is 0 Å². The quantitative estimate of drug-likeness (QED) is 0.331. The van der Waals surface area contributed by atoms with Crippen LogP contribution in [0.15, 0.2) is 59.1 Å². The highest BCUT2D eigenvalue weighted by Gasteiger charge is 2.40. The van der Waals surface area contributed by atoms with Gasteiger partial charge in [0.25, 0.3) is 5.91 Å². The minimum absolute atomic E-state index is 0.0403. The molecule has 2 aromatic carbocycles. The van der Waals surface area contributed by atoms with Gasteiger partial charge in [-0.25, -0.2) is 0 Å². The summed E-state index contributed by atoms with van der Waals surface area (Å²) < 4.78 is 17.6. The summed E-state index contributed by atoms with van der Waals surface area (Å²) in [6.45, 7) is 5.16. The van der Waals surface area contributed by atoms with Gasteiger partial charge in [0.15, 0.2) is 5.58 Å². The van der Waals surface area contributed by atoms with E-state index in [9.17, 15) is 10.1 Å². The van der Waals surface area contributed by atoms with E-state index in [-0.39, 0.29) is 5.91 Å². The molecule has 0 spiro atoms. The number of ether oxygens (including phenoxy) is 2. The van der Waals surface area contributed by atoms with Gasteiger partial charge in [0.05, 0.1) is 23.9 Å². The van der Waals surface area contributed by atoms with E-state index in [0.29, 0.717) is 51.6 Å². The molecule has 43 heavy (non-hydrogen) atoms. The molecule has 5 heterocycles. The Kier molecular flexibility index (Phi) is 7.25. The molecule has 2 atom stereocenters. The summed E-state index contributed by atoms with van der Waals surface area (Å²) in [5, 5.41) is 13.4. The lowest BCUT2D eigenvalue weighted by Gasteiger charge is -2.24. The van der Waals surface area contributed by atoms with Gasteiger partial charge in [0.1, 0.15) is 23.1 Å². The number of hydrogen-bond donors (Lipinski definition) is 1. The maximum absolute atomic E-state index is 13.4. The first-order valence-corrected chi connectivity index (χ1v) is 14.9. The number of carbonyl (C=O) groups is 1. The minimum atomic E-state index is 0.0403. The van der Waals surface area contributed by atoms with Crippen molar-refractivity contribution in [2.45, 2.75) is 18.9 Å². The third-order valence-electron chi connectivity index (χ3n) is 9.11. The normalized spacial score (nSPS) is 20.7. The number of methoxy groups -OCH3 is 1. The van der Waals surface area contributed by atoms with Crippen LogP contribution in [-0.2, 0) is 4.74 Å². The fraction of sp³-hybridized carbons (Fsp3) is 0.382. The summed E-state index contributed by atoms with van der Waals surface area (Å²) in [5.74, 6) is 2.31. The summed E-state index contributed by atoms with van der Waals surface area (Å²) in [6.07, 6.45) is 3.59. The summed E-state index contributed by atoms with van der Waals surface area (Å²) in [6, 6.07) is 17.8. The van der Waals surface area contributed by atoms with E-state index in [2.05, 4.69) is 28.3 Å². The van der Waals surface area contributed by atoms with Crippen molar-refractivity contribution in [3.05, 3.63) is 65.9 Å². The molecule has 220 valence electrons. The highest BCUT2D eigenvalue weighted by molar-refractivity contribution is 5.97. The topological polar surface area (TPSA) is 104 Å². The van der Waals surface area contributed by atoms with E-state index in [1.165, 1.54) is 0 Å².